The van der Waals surface area contributed by atoms with Crippen LogP contribution in [0.25, 0.3) is 33.5 Å². The second-order valence-electron chi connectivity index (χ2n) is 28.7. The van der Waals surface area contributed by atoms with E-state index >= 15 is 0 Å². The van der Waals surface area contributed by atoms with Crippen LogP contribution in [0.4, 0.5) is 17.5 Å². The molecule has 0 spiro atoms. The summed E-state index contributed by atoms with van der Waals surface area (Å²) in [5.41, 5.74) is 7.38. The Balaban J connectivity index is 0.000000124. The number of aliphatic hydroxyl groups is 6. The molecule has 9 N–H and O–H groups in total. The highest BCUT2D eigenvalue weighted by Gasteiger charge is 2.49. The van der Waals surface area contributed by atoms with E-state index in [1.165, 1.54) is 27.8 Å². The molecule has 0 saturated heterocycles. The van der Waals surface area contributed by atoms with E-state index < -0.39 is 54.7 Å². The van der Waals surface area contributed by atoms with Crippen LogP contribution in [0.3, 0.4) is 0 Å². The lowest BCUT2D eigenvalue weighted by Crippen LogP contribution is -2.31. The molecule has 9 heterocycles. The number of rotatable bonds is 27. The van der Waals surface area contributed by atoms with Crippen molar-refractivity contribution in [2.24, 2.45) is 17.8 Å². The van der Waals surface area contributed by atoms with Crippen LogP contribution >= 0.6 is 35.3 Å². The number of nitrogens with one attached hydrogen (secondary N) is 3. The third-order valence-corrected chi connectivity index (χ3v) is 24.3. The molecule has 18 atom stereocenters. The Morgan fingerprint density at radius 1 is 0.417 bits per heavy atom. The van der Waals surface area contributed by atoms with Crippen molar-refractivity contribution in [2.75, 3.05) is 33.2 Å². The maximum Gasteiger partial charge on any atom is 0.191 e. The fourth-order valence-corrected chi connectivity index (χ4v) is 17.3. The second-order valence-corrected chi connectivity index (χ2v) is 31.9. The van der Waals surface area contributed by atoms with Gasteiger partial charge >= 0.3 is 0 Å². The lowest BCUT2D eigenvalue weighted by molar-refractivity contribution is 0.000914. The lowest BCUT2D eigenvalue weighted by Gasteiger charge is -2.17. The van der Waals surface area contributed by atoms with Crippen molar-refractivity contribution in [2.45, 2.75) is 204 Å². The first-order chi connectivity index (χ1) is 52.9. The minimum Gasteiger partial charge on any atom is -0.390 e. The van der Waals surface area contributed by atoms with Crippen molar-refractivity contribution in [3.05, 3.63) is 145 Å². The summed E-state index contributed by atoms with van der Waals surface area (Å²) >= 11 is 4.78. The van der Waals surface area contributed by atoms with Crippen molar-refractivity contribution in [3.8, 4) is 0 Å². The third kappa shape index (κ3) is 15.8. The Labute approximate surface area is 633 Å². The smallest absolute Gasteiger partial charge is 0.191 e. The highest BCUT2D eigenvalue weighted by Crippen LogP contribution is 2.48. The summed E-state index contributed by atoms with van der Waals surface area (Å²) in [5.74, 6) is 5.40. The standard InChI is InChI=1S/C25H30N8O2S.C24H29N9O2S.C23H28N10O2S/c1-2-10-36-25-28-23(27-18-12-17(18)15-6-4-3-5-7-15)20-24(29-25)33(31-30-20)19-11-16(21(34)22(19)35)13-32-9-8-26-14-32;1-2-10-36-24-28-22(27-17-12-16(17)14-6-4-3-5-7-14)19-23(29-24)33(31-30-19)18-11-15(20(34)21(18)35)13-32-25-8-9-26-32;1-2-8-36-23-26-21(25-16-10-15(16)13-6-4-3-5-7-13)18-22(27-23)33(30-28-18)17-9-14(19(34)20(17)35)11-32-12-24-29-31-32/h3-9,14,16-19,21-22,34-35H,2,10-13H2,1H3,(H,27,28,29);3-9,15-18,20-21,34-35H,2,10-13H2,1H3,(H,27,28,29);3-7,12,14-17,19-20,34-35H,2,8-11H2,1H3,(H,25,26,27)/t16-,17+,18-,19-,21-,22+;15-,16+,17-,18-,20-,21+;14-,15+,16-,17-,19-,20+/m111/s1. The maximum absolute atomic E-state index is 11.0. The van der Waals surface area contributed by atoms with Crippen LogP contribution in [0.15, 0.2) is 144 Å². The Bertz CT molecular complexity index is 4430. The average molecular weight is 1520 g/mol. The number of aromatic nitrogens is 24. The zero-order valence-corrected chi connectivity index (χ0v) is 62.2. The number of aliphatic hydroxyl groups excluding tert-OH is 6. The number of nitrogens with zero attached hydrogens (tertiary/aromatic N) is 24. The molecule has 3 aromatic carbocycles. The van der Waals surface area contributed by atoms with E-state index in [1.807, 2.05) is 29.0 Å². The summed E-state index contributed by atoms with van der Waals surface area (Å²) < 4.78 is 8.47. The average Bonchev–Trinajstić information content (AvgIpc) is 1.60. The number of hydrogen-bond donors (Lipinski definition) is 9. The molecule has 36 heteroatoms. The van der Waals surface area contributed by atoms with Crippen molar-refractivity contribution >= 4 is 86.2 Å². The SMILES string of the molecule is CCCSc1nc(N[C@@H]2C[C@H]2c2ccccc2)c2nnn([C@@H]3C[C@H](Cn4ccnc4)[C@@H](O)[C@H]3O)c2n1.CCCSc1nc(N[C@@H]2C[C@H]2c2ccccc2)c2nnn([C@@H]3C[C@H](Cn4cnnn4)[C@@H](O)[C@H]3O)c2n1.CCCSc1nc(N[C@@H]2C[C@H]2c2ccccc2)c2nnn([C@@H]3C[C@H](Cn4nccn4)[C@@H](O)[C@H]3O)c2n1. The quantitative estimate of drug-likeness (QED) is 0.0189. The molecule has 108 heavy (non-hydrogen) atoms. The van der Waals surface area contributed by atoms with Gasteiger partial charge in [0.1, 0.15) is 24.6 Å². The molecule has 0 aliphatic heterocycles. The monoisotopic (exact) mass is 1520 g/mol. The highest BCUT2D eigenvalue weighted by molar-refractivity contribution is 7.99. The first-order valence-corrected chi connectivity index (χ1v) is 40.1. The van der Waals surface area contributed by atoms with Crippen LogP contribution in [0.5, 0.6) is 0 Å². The van der Waals surface area contributed by atoms with E-state index in [2.05, 4.69) is 171 Å². The molecule has 6 aliphatic carbocycles. The second kappa shape index (κ2) is 32.5. The third-order valence-electron chi connectivity index (χ3n) is 21.2. The van der Waals surface area contributed by atoms with E-state index in [4.69, 9.17) is 29.9 Å². The molecule has 6 aliphatic rings. The zero-order valence-electron chi connectivity index (χ0n) is 59.8. The Morgan fingerprint density at radius 2 is 0.796 bits per heavy atom. The van der Waals surface area contributed by atoms with E-state index in [0.29, 0.717) is 123 Å². The summed E-state index contributed by atoms with van der Waals surface area (Å²) in [7, 11) is 0. The summed E-state index contributed by atoms with van der Waals surface area (Å²) in [4.78, 5) is 34.3. The molecule has 6 saturated carbocycles. The van der Waals surface area contributed by atoms with Gasteiger partial charge in [-0.25, -0.2) is 53.6 Å². The van der Waals surface area contributed by atoms with Crippen LogP contribution in [0, 0.1) is 17.8 Å². The van der Waals surface area contributed by atoms with Crippen LogP contribution in [-0.4, -0.2) is 222 Å². The fourth-order valence-electron chi connectivity index (χ4n) is 15.3. The number of fused-ring (bicyclic) bond motifs is 3. The van der Waals surface area contributed by atoms with Gasteiger partial charge in [-0.05, 0) is 84.9 Å². The molecule has 33 nitrogen and oxygen atoms in total. The van der Waals surface area contributed by atoms with E-state index in [1.54, 1.807) is 78.9 Å². The molecule has 6 fully saturated rings. The number of hydrogen-bond acceptors (Lipinski definition) is 30. The summed E-state index contributed by atoms with van der Waals surface area (Å²) in [6, 6.07) is 30.9. The predicted octanol–water partition coefficient (Wildman–Crippen LogP) is 6.80. The molecule has 18 rings (SSSR count). The van der Waals surface area contributed by atoms with Crippen LogP contribution in [0.2, 0.25) is 0 Å². The first-order valence-electron chi connectivity index (χ1n) is 37.2. The predicted molar refractivity (Wildman–Crippen MR) is 404 cm³/mol. The van der Waals surface area contributed by atoms with E-state index in [0.717, 1.165) is 55.8 Å². The van der Waals surface area contributed by atoms with Crippen LogP contribution in [-0.2, 0) is 19.6 Å². The molecule has 12 aromatic rings. The molecule has 0 amide bonds. The molecule has 9 aromatic heterocycles. The van der Waals surface area contributed by atoms with Gasteiger partial charge in [-0.15, -0.1) is 20.4 Å². The minimum absolute atomic E-state index is 0.134. The number of imidazole rings is 1. The van der Waals surface area contributed by atoms with Gasteiger partial charge in [0, 0.05) is 96.4 Å². The summed E-state index contributed by atoms with van der Waals surface area (Å²) in [6.07, 6.45) is 11.9. The van der Waals surface area contributed by atoms with Gasteiger partial charge in [0.2, 0.25) is 0 Å². The molecular weight excluding hydrogens is 1440 g/mol. The van der Waals surface area contributed by atoms with Gasteiger partial charge in [0.25, 0.3) is 0 Å². The summed E-state index contributed by atoms with van der Waals surface area (Å²) in [5, 5.41) is 124. The van der Waals surface area contributed by atoms with Crippen molar-refractivity contribution in [1.82, 2.24) is 120 Å². The zero-order chi connectivity index (χ0) is 73.9. The molecule has 0 unspecified atom stereocenters. The number of benzene rings is 3. The maximum atomic E-state index is 11.0. The normalized spacial score (nSPS) is 27.5. The fraction of sp³-hybridized carbons (Fsp3) is 0.500. The molecule has 0 radical (unpaired) electrons. The van der Waals surface area contributed by atoms with E-state index in [9.17, 15) is 30.6 Å². The largest absolute Gasteiger partial charge is 0.390 e. The van der Waals surface area contributed by atoms with E-state index in [-0.39, 0.29) is 35.9 Å². The van der Waals surface area contributed by atoms with Gasteiger partial charge in [0.15, 0.2) is 66.4 Å². The molecule has 0 bridgehead atoms. The molecular formula is C72H87N27O6S3. The van der Waals surface area contributed by atoms with Crippen LogP contribution in [0.1, 0.15) is 131 Å². The Kier molecular flexibility index (Phi) is 21.9. The first kappa shape index (κ1) is 72.9. The summed E-state index contributed by atoms with van der Waals surface area (Å²) in [6.45, 7) is 7.75. The van der Waals surface area contributed by atoms with Crippen molar-refractivity contribution in [3.63, 3.8) is 0 Å². The Hall–Kier alpha value is -9.27. The topological polar surface area (TPSA) is 419 Å². The number of anilines is 3. The van der Waals surface area contributed by atoms with Gasteiger partial charge < -0.3 is 51.2 Å². The van der Waals surface area contributed by atoms with Gasteiger partial charge in [-0.3, -0.25) is 0 Å². The molecule has 564 valence electrons. The number of thioether (sulfide) groups is 3. The van der Waals surface area contributed by atoms with Gasteiger partial charge in [0.05, 0.1) is 61.7 Å². The minimum atomic E-state index is -1.01. The Morgan fingerprint density at radius 3 is 1.15 bits per heavy atom. The highest BCUT2D eigenvalue weighted by atomic mass is 32.2. The van der Waals surface area contributed by atoms with Crippen molar-refractivity contribution < 1.29 is 30.6 Å². The van der Waals surface area contributed by atoms with Gasteiger partial charge in [-0.1, -0.05) is 163 Å². The number of tetrazole rings is 1. The van der Waals surface area contributed by atoms with Crippen molar-refractivity contribution in [1.29, 1.82) is 0 Å². The van der Waals surface area contributed by atoms with Gasteiger partial charge in [-0.2, -0.15) is 15.0 Å². The van der Waals surface area contributed by atoms with Crippen LogP contribution < -0.4 is 16.0 Å². The lowest BCUT2D eigenvalue weighted by atomic mass is 10.1.